The number of nitrogens with one attached hydrogen (secondary N) is 3. The molecule has 92 valence electrons. The molecule has 1 rings (SSSR count). The summed E-state index contributed by atoms with van der Waals surface area (Å²) in [6.07, 6.45) is 3.41. The predicted octanol–water partition coefficient (Wildman–Crippen LogP) is 1.45. The lowest BCUT2D eigenvalue weighted by Crippen LogP contribution is -2.27. The van der Waals surface area contributed by atoms with E-state index in [2.05, 4.69) is 40.7 Å². The maximum atomic E-state index is 4.25. The molecular weight excluding hydrogens is 200 g/mol. The van der Waals surface area contributed by atoms with Crippen molar-refractivity contribution in [3.63, 3.8) is 0 Å². The van der Waals surface area contributed by atoms with E-state index in [0.29, 0.717) is 0 Å². The number of nitrogens with zero attached hydrogens (tertiary/aromatic N) is 1. The minimum absolute atomic E-state index is 0.879. The highest BCUT2D eigenvalue weighted by molar-refractivity contribution is 5.08. The third kappa shape index (κ3) is 5.28. The van der Waals surface area contributed by atoms with Crippen LogP contribution in [0.1, 0.15) is 38.1 Å². The van der Waals surface area contributed by atoms with E-state index < -0.39 is 0 Å². The van der Waals surface area contributed by atoms with Crippen molar-refractivity contribution in [3.8, 4) is 0 Å². The highest BCUT2D eigenvalue weighted by Crippen LogP contribution is 2.01. The molecule has 0 atom stereocenters. The van der Waals surface area contributed by atoms with Gasteiger partial charge in [-0.25, -0.2) is 0 Å². The first-order valence-corrected chi connectivity index (χ1v) is 6.31. The summed E-state index contributed by atoms with van der Waals surface area (Å²) in [5.74, 6) is 0. The van der Waals surface area contributed by atoms with E-state index in [0.717, 1.165) is 39.0 Å². The highest BCUT2D eigenvalue weighted by Gasteiger charge is 1.99. The molecule has 1 aromatic heterocycles. The van der Waals surface area contributed by atoms with Gasteiger partial charge in [0.15, 0.2) is 0 Å². The van der Waals surface area contributed by atoms with Gasteiger partial charge in [-0.15, -0.1) is 0 Å². The Morgan fingerprint density at radius 1 is 1.12 bits per heavy atom. The summed E-state index contributed by atoms with van der Waals surface area (Å²) in [4.78, 5) is 0. The van der Waals surface area contributed by atoms with E-state index in [1.807, 2.05) is 0 Å². The van der Waals surface area contributed by atoms with Crippen LogP contribution in [0.5, 0.6) is 0 Å². The van der Waals surface area contributed by atoms with Crippen LogP contribution in [0, 0.1) is 0 Å². The Balaban J connectivity index is 2.07. The zero-order valence-electron chi connectivity index (χ0n) is 10.5. The van der Waals surface area contributed by atoms with Crippen LogP contribution in [0.3, 0.4) is 0 Å². The molecular formula is C12H24N4. The van der Waals surface area contributed by atoms with E-state index in [1.165, 1.54) is 17.8 Å². The fourth-order valence-electron chi connectivity index (χ4n) is 1.59. The van der Waals surface area contributed by atoms with Crippen molar-refractivity contribution in [1.82, 2.24) is 20.8 Å². The Labute approximate surface area is 98.2 Å². The number of hydrogen-bond donors (Lipinski definition) is 3. The third-order valence-corrected chi connectivity index (χ3v) is 2.41. The Kier molecular flexibility index (Phi) is 6.85. The molecule has 0 saturated heterocycles. The first-order valence-electron chi connectivity index (χ1n) is 6.31. The van der Waals surface area contributed by atoms with Gasteiger partial charge in [0.25, 0.3) is 0 Å². The summed E-state index contributed by atoms with van der Waals surface area (Å²) in [6, 6.07) is 2.15. The molecule has 0 aliphatic rings. The van der Waals surface area contributed by atoms with Gasteiger partial charge < -0.3 is 10.6 Å². The van der Waals surface area contributed by atoms with Gasteiger partial charge in [0.1, 0.15) is 0 Å². The number of aromatic nitrogens is 2. The zero-order chi connectivity index (χ0) is 11.6. The quantitative estimate of drug-likeness (QED) is 0.557. The average Bonchev–Trinajstić information content (AvgIpc) is 2.72. The fraction of sp³-hybridized carbons (Fsp3) is 0.750. The van der Waals surface area contributed by atoms with Crippen LogP contribution < -0.4 is 10.6 Å². The Hall–Kier alpha value is -0.870. The van der Waals surface area contributed by atoms with Crippen LogP contribution >= 0.6 is 0 Å². The van der Waals surface area contributed by atoms with Crippen molar-refractivity contribution in [2.75, 3.05) is 19.6 Å². The molecule has 0 bridgehead atoms. The average molecular weight is 224 g/mol. The highest BCUT2D eigenvalue weighted by atomic mass is 15.1. The molecule has 0 aliphatic heterocycles. The summed E-state index contributed by atoms with van der Waals surface area (Å²) in [6.45, 7) is 8.37. The van der Waals surface area contributed by atoms with E-state index >= 15 is 0 Å². The standard InChI is InChI=1S/C12H24N4/c1-3-5-11-9-12(16-15-11)10-14-8-7-13-6-4-2/h9,13-14H,3-8,10H2,1-2H3,(H,15,16). The zero-order valence-corrected chi connectivity index (χ0v) is 10.5. The van der Waals surface area contributed by atoms with Crippen molar-refractivity contribution in [1.29, 1.82) is 0 Å². The van der Waals surface area contributed by atoms with E-state index in [-0.39, 0.29) is 0 Å². The largest absolute Gasteiger partial charge is 0.315 e. The maximum absolute atomic E-state index is 4.25. The van der Waals surface area contributed by atoms with Crippen molar-refractivity contribution in [3.05, 3.63) is 17.5 Å². The topological polar surface area (TPSA) is 52.7 Å². The number of aromatic amines is 1. The summed E-state index contributed by atoms with van der Waals surface area (Å²) in [5, 5.41) is 14.1. The van der Waals surface area contributed by atoms with Crippen molar-refractivity contribution in [2.24, 2.45) is 0 Å². The summed E-state index contributed by atoms with van der Waals surface area (Å²) in [7, 11) is 0. The van der Waals surface area contributed by atoms with E-state index in [1.54, 1.807) is 0 Å². The van der Waals surface area contributed by atoms with Crippen LogP contribution in [-0.4, -0.2) is 29.8 Å². The van der Waals surface area contributed by atoms with Crippen LogP contribution in [-0.2, 0) is 13.0 Å². The first-order chi connectivity index (χ1) is 7.86. The van der Waals surface area contributed by atoms with Gasteiger partial charge >= 0.3 is 0 Å². The minimum Gasteiger partial charge on any atom is -0.315 e. The molecule has 4 nitrogen and oxygen atoms in total. The molecule has 1 heterocycles. The lowest BCUT2D eigenvalue weighted by Gasteiger charge is -2.03. The molecule has 0 aliphatic carbocycles. The SMILES string of the molecule is CCCNCCNCc1cc(CCC)n[nH]1. The molecule has 0 aromatic carbocycles. The maximum Gasteiger partial charge on any atom is 0.0625 e. The van der Waals surface area contributed by atoms with Gasteiger partial charge in [0, 0.05) is 25.3 Å². The predicted molar refractivity (Wildman–Crippen MR) is 67.5 cm³/mol. The number of H-pyrrole nitrogens is 1. The second kappa shape index (κ2) is 8.30. The molecule has 0 fully saturated rings. The van der Waals surface area contributed by atoms with Gasteiger partial charge in [-0.1, -0.05) is 20.3 Å². The Morgan fingerprint density at radius 3 is 2.69 bits per heavy atom. The van der Waals surface area contributed by atoms with Crippen molar-refractivity contribution < 1.29 is 0 Å². The number of hydrogen-bond acceptors (Lipinski definition) is 3. The third-order valence-electron chi connectivity index (χ3n) is 2.41. The summed E-state index contributed by atoms with van der Waals surface area (Å²) >= 11 is 0. The van der Waals surface area contributed by atoms with Gasteiger partial charge in [0.2, 0.25) is 0 Å². The van der Waals surface area contributed by atoms with Gasteiger partial charge in [-0.2, -0.15) is 5.10 Å². The number of rotatable bonds is 9. The lowest BCUT2D eigenvalue weighted by atomic mass is 10.2. The smallest absolute Gasteiger partial charge is 0.0625 e. The van der Waals surface area contributed by atoms with Crippen LogP contribution in [0.15, 0.2) is 6.07 Å². The minimum atomic E-state index is 0.879. The molecule has 0 spiro atoms. The Bertz CT molecular complexity index is 270. The molecule has 0 unspecified atom stereocenters. The van der Waals surface area contributed by atoms with Gasteiger partial charge in [-0.3, -0.25) is 5.10 Å². The Morgan fingerprint density at radius 2 is 1.94 bits per heavy atom. The molecule has 1 aromatic rings. The van der Waals surface area contributed by atoms with Gasteiger partial charge in [0.05, 0.1) is 5.69 Å². The number of aryl methyl sites for hydroxylation is 1. The lowest BCUT2D eigenvalue weighted by molar-refractivity contribution is 0.601. The second-order valence-corrected chi connectivity index (χ2v) is 4.06. The van der Waals surface area contributed by atoms with Crippen molar-refractivity contribution in [2.45, 2.75) is 39.7 Å². The second-order valence-electron chi connectivity index (χ2n) is 4.06. The molecule has 3 N–H and O–H groups in total. The normalized spacial score (nSPS) is 10.9. The summed E-state index contributed by atoms with van der Waals surface area (Å²) in [5.41, 5.74) is 2.35. The monoisotopic (exact) mass is 224 g/mol. The molecule has 16 heavy (non-hydrogen) atoms. The van der Waals surface area contributed by atoms with E-state index in [4.69, 9.17) is 0 Å². The van der Waals surface area contributed by atoms with E-state index in [9.17, 15) is 0 Å². The van der Waals surface area contributed by atoms with Crippen LogP contribution in [0.25, 0.3) is 0 Å². The molecule has 0 saturated carbocycles. The van der Waals surface area contributed by atoms with Crippen LogP contribution in [0.2, 0.25) is 0 Å². The first kappa shape index (κ1) is 13.2. The summed E-state index contributed by atoms with van der Waals surface area (Å²) < 4.78 is 0. The van der Waals surface area contributed by atoms with Crippen LogP contribution in [0.4, 0.5) is 0 Å². The van der Waals surface area contributed by atoms with Crippen molar-refractivity contribution >= 4 is 0 Å². The molecule has 4 heteroatoms. The fourth-order valence-corrected chi connectivity index (χ4v) is 1.59. The molecule has 0 amide bonds. The van der Waals surface area contributed by atoms with Gasteiger partial charge in [-0.05, 0) is 25.5 Å². The molecule has 0 radical (unpaired) electrons.